The van der Waals surface area contributed by atoms with Crippen LogP contribution in [-0.2, 0) is 6.42 Å². The Morgan fingerprint density at radius 3 is 2.62 bits per heavy atom. The molecule has 6 nitrogen and oxygen atoms in total. The van der Waals surface area contributed by atoms with Crippen LogP contribution >= 0.6 is 0 Å². The van der Waals surface area contributed by atoms with Crippen molar-refractivity contribution in [2.24, 2.45) is 5.92 Å². The van der Waals surface area contributed by atoms with Crippen molar-refractivity contribution in [3.05, 3.63) is 54.6 Å². The molecule has 0 aliphatic heterocycles. The number of ether oxygens (including phenoxy) is 1. The summed E-state index contributed by atoms with van der Waals surface area (Å²) >= 11 is 0. The molecule has 0 N–H and O–H groups in total. The Hall–Kier alpha value is -2.63. The van der Waals surface area contributed by atoms with Crippen LogP contribution in [0.25, 0.3) is 5.69 Å². The van der Waals surface area contributed by atoms with Gasteiger partial charge in [0.25, 0.3) is 0 Å². The fourth-order valence-corrected chi connectivity index (χ4v) is 2.70. The summed E-state index contributed by atoms with van der Waals surface area (Å²) in [5, 5.41) is 4.75. The van der Waals surface area contributed by atoms with Crippen LogP contribution in [-0.4, -0.2) is 31.4 Å². The van der Waals surface area contributed by atoms with Gasteiger partial charge in [-0.05, 0) is 25.0 Å². The number of methoxy groups -OCH3 is 1. The summed E-state index contributed by atoms with van der Waals surface area (Å²) < 4.78 is 9.42. The normalized spacial score (nSPS) is 12.5. The maximum Gasteiger partial charge on any atom is 0.155 e. The van der Waals surface area contributed by atoms with Crippen LogP contribution in [0, 0.1) is 5.92 Å². The molecule has 6 heteroatoms. The highest BCUT2D eigenvalue weighted by Crippen LogP contribution is 2.26. The number of rotatable bonds is 6. The van der Waals surface area contributed by atoms with Gasteiger partial charge in [0, 0.05) is 18.8 Å². The SMILES string of the molecule is COc1ccccc1-n1nc(CC(C)C)nc1[C@@H](C)n1ccnc1. The second-order valence-electron chi connectivity index (χ2n) is 6.25. The summed E-state index contributed by atoms with van der Waals surface area (Å²) in [6.45, 7) is 6.43. The highest BCUT2D eigenvalue weighted by atomic mass is 16.5. The predicted molar refractivity (Wildman–Crippen MR) is 92.5 cm³/mol. The lowest BCUT2D eigenvalue weighted by atomic mass is 10.1. The Morgan fingerprint density at radius 2 is 1.96 bits per heavy atom. The first-order valence-corrected chi connectivity index (χ1v) is 8.16. The first-order chi connectivity index (χ1) is 11.6. The Morgan fingerprint density at radius 1 is 1.17 bits per heavy atom. The van der Waals surface area contributed by atoms with Crippen LogP contribution in [0.5, 0.6) is 5.75 Å². The second kappa shape index (κ2) is 6.86. The predicted octanol–water partition coefficient (Wildman–Crippen LogP) is 3.28. The molecule has 0 aliphatic rings. The van der Waals surface area contributed by atoms with Crippen molar-refractivity contribution in [3.8, 4) is 11.4 Å². The van der Waals surface area contributed by atoms with E-state index in [-0.39, 0.29) is 6.04 Å². The number of imidazole rings is 1. The molecule has 0 fully saturated rings. The van der Waals surface area contributed by atoms with Gasteiger partial charge in [-0.25, -0.2) is 14.6 Å². The molecule has 126 valence electrons. The van der Waals surface area contributed by atoms with Crippen LogP contribution in [0.4, 0.5) is 0 Å². The molecule has 2 aromatic heterocycles. The van der Waals surface area contributed by atoms with E-state index in [0.29, 0.717) is 5.92 Å². The Balaban J connectivity index is 2.11. The molecule has 3 aromatic rings. The van der Waals surface area contributed by atoms with Crippen molar-refractivity contribution in [2.45, 2.75) is 33.2 Å². The Bertz CT molecular complexity index is 792. The van der Waals surface area contributed by atoms with Crippen LogP contribution in [0.15, 0.2) is 43.0 Å². The highest BCUT2D eigenvalue weighted by Gasteiger charge is 2.21. The van der Waals surface area contributed by atoms with Gasteiger partial charge in [0.2, 0.25) is 0 Å². The average molecular weight is 325 g/mol. The van der Waals surface area contributed by atoms with Gasteiger partial charge in [0.15, 0.2) is 11.6 Å². The largest absolute Gasteiger partial charge is 0.494 e. The van der Waals surface area contributed by atoms with Crippen molar-refractivity contribution in [1.29, 1.82) is 0 Å². The van der Waals surface area contributed by atoms with Crippen LogP contribution < -0.4 is 4.74 Å². The van der Waals surface area contributed by atoms with Crippen LogP contribution in [0.1, 0.15) is 38.5 Å². The fraction of sp³-hybridized carbons (Fsp3) is 0.389. The molecule has 1 atom stereocenters. The number of para-hydroxylation sites is 2. The first kappa shape index (κ1) is 16.2. The number of aromatic nitrogens is 5. The van der Waals surface area contributed by atoms with Crippen molar-refractivity contribution >= 4 is 0 Å². The van der Waals surface area contributed by atoms with E-state index in [1.165, 1.54) is 0 Å². The molecule has 0 saturated heterocycles. The van der Waals surface area contributed by atoms with E-state index in [9.17, 15) is 0 Å². The van der Waals surface area contributed by atoms with Gasteiger partial charge in [0.05, 0.1) is 19.5 Å². The summed E-state index contributed by atoms with van der Waals surface area (Å²) in [5.74, 6) is 2.98. The van der Waals surface area contributed by atoms with E-state index in [2.05, 4.69) is 25.8 Å². The molecule has 0 spiro atoms. The lowest BCUT2D eigenvalue weighted by Gasteiger charge is -2.15. The van der Waals surface area contributed by atoms with E-state index in [1.54, 1.807) is 19.6 Å². The third-order valence-corrected chi connectivity index (χ3v) is 3.93. The number of benzene rings is 1. The zero-order chi connectivity index (χ0) is 17.1. The maximum absolute atomic E-state index is 5.51. The highest BCUT2D eigenvalue weighted by molar-refractivity contribution is 5.46. The first-order valence-electron chi connectivity index (χ1n) is 8.16. The van der Waals surface area contributed by atoms with E-state index in [0.717, 1.165) is 29.5 Å². The quantitative estimate of drug-likeness (QED) is 0.698. The zero-order valence-electron chi connectivity index (χ0n) is 14.5. The van der Waals surface area contributed by atoms with E-state index < -0.39 is 0 Å². The molecule has 0 amide bonds. The Labute approximate surface area is 142 Å². The number of hydrogen-bond donors (Lipinski definition) is 0. The summed E-state index contributed by atoms with van der Waals surface area (Å²) in [6.07, 6.45) is 6.35. The van der Waals surface area contributed by atoms with Gasteiger partial charge in [-0.3, -0.25) is 0 Å². The van der Waals surface area contributed by atoms with Gasteiger partial charge in [0.1, 0.15) is 11.4 Å². The molecule has 1 aromatic carbocycles. The van der Waals surface area contributed by atoms with Gasteiger partial charge >= 0.3 is 0 Å². The third-order valence-electron chi connectivity index (χ3n) is 3.93. The minimum atomic E-state index is 0.0193. The molecule has 0 bridgehead atoms. The smallest absolute Gasteiger partial charge is 0.155 e. The summed E-state index contributed by atoms with van der Waals surface area (Å²) in [5.41, 5.74) is 0.893. The lowest BCUT2D eigenvalue weighted by molar-refractivity contribution is 0.410. The topological polar surface area (TPSA) is 57.8 Å². The number of hydrogen-bond acceptors (Lipinski definition) is 4. The van der Waals surface area contributed by atoms with Crippen LogP contribution in [0.3, 0.4) is 0 Å². The summed E-state index contributed by atoms with van der Waals surface area (Å²) in [6, 6.07) is 7.88. The molecule has 0 radical (unpaired) electrons. The summed E-state index contributed by atoms with van der Waals surface area (Å²) in [4.78, 5) is 8.95. The van der Waals surface area contributed by atoms with Crippen molar-refractivity contribution in [1.82, 2.24) is 24.3 Å². The lowest BCUT2D eigenvalue weighted by Crippen LogP contribution is -2.13. The minimum Gasteiger partial charge on any atom is -0.494 e. The van der Waals surface area contributed by atoms with Crippen molar-refractivity contribution in [2.75, 3.05) is 7.11 Å². The van der Waals surface area contributed by atoms with Crippen molar-refractivity contribution < 1.29 is 4.74 Å². The standard InChI is InChI=1S/C18H23N5O/c1-13(2)11-17-20-18(14(3)22-10-9-19-12-22)23(21-17)15-7-5-6-8-16(15)24-4/h5-10,12-14H,11H2,1-4H3/t14-/m1/s1. The van der Waals surface area contributed by atoms with E-state index >= 15 is 0 Å². The zero-order valence-corrected chi connectivity index (χ0v) is 14.5. The molecule has 0 aliphatic carbocycles. The Kier molecular flexibility index (Phi) is 4.64. The summed E-state index contributed by atoms with van der Waals surface area (Å²) in [7, 11) is 1.67. The van der Waals surface area contributed by atoms with Gasteiger partial charge in [-0.15, -0.1) is 0 Å². The second-order valence-corrected chi connectivity index (χ2v) is 6.25. The molecular formula is C18H23N5O. The van der Waals surface area contributed by atoms with Crippen molar-refractivity contribution in [3.63, 3.8) is 0 Å². The molecule has 0 unspecified atom stereocenters. The monoisotopic (exact) mass is 325 g/mol. The van der Waals surface area contributed by atoms with Crippen LogP contribution in [0.2, 0.25) is 0 Å². The van der Waals surface area contributed by atoms with Gasteiger partial charge in [-0.1, -0.05) is 26.0 Å². The van der Waals surface area contributed by atoms with Gasteiger partial charge < -0.3 is 9.30 Å². The van der Waals surface area contributed by atoms with Gasteiger partial charge in [-0.2, -0.15) is 5.10 Å². The van der Waals surface area contributed by atoms with E-state index in [1.807, 2.05) is 39.7 Å². The molecular weight excluding hydrogens is 302 g/mol. The fourth-order valence-electron chi connectivity index (χ4n) is 2.70. The molecule has 0 saturated carbocycles. The maximum atomic E-state index is 5.51. The molecule has 2 heterocycles. The number of nitrogens with zero attached hydrogens (tertiary/aromatic N) is 5. The molecule has 24 heavy (non-hydrogen) atoms. The van der Waals surface area contributed by atoms with E-state index in [4.69, 9.17) is 14.8 Å². The molecule has 3 rings (SSSR count). The minimum absolute atomic E-state index is 0.0193. The third kappa shape index (κ3) is 3.18. The average Bonchev–Trinajstić information content (AvgIpc) is 3.23.